The zero-order valence-electron chi connectivity index (χ0n) is 16.8. The molecule has 1 atom stereocenters. The maximum Gasteiger partial charge on any atom is 0.264 e. The third kappa shape index (κ3) is 4.20. The molecule has 0 radical (unpaired) electrons. The molecule has 1 saturated heterocycles. The van der Waals surface area contributed by atoms with Gasteiger partial charge in [0.1, 0.15) is 5.75 Å². The van der Waals surface area contributed by atoms with Crippen LogP contribution in [0.4, 0.5) is 0 Å². The number of piperazine rings is 1. The molecule has 4 rings (SSSR count). The van der Waals surface area contributed by atoms with E-state index in [9.17, 15) is 9.59 Å². The summed E-state index contributed by atoms with van der Waals surface area (Å²) in [4.78, 5) is 34.0. The molecular weight excluding hydrogens is 404 g/mol. The molecule has 1 aliphatic heterocycles. The molecule has 0 N–H and O–H groups in total. The number of ether oxygens (including phenoxy) is 1. The van der Waals surface area contributed by atoms with Gasteiger partial charge < -0.3 is 19.1 Å². The minimum absolute atomic E-state index is 0.0192. The molecule has 0 spiro atoms. The van der Waals surface area contributed by atoms with Gasteiger partial charge in [0.15, 0.2) is 5.82 Å². The van der Waals surface area contributed by atoms with Crippen molar-refractivity contribution in [2.45, 2.75) is 19.4 Å². The highest BCUT2D eigenvalue weighted by atomic mass is 32.1. The lowest BCUT2D eigenvalue weighted by Gasteiger charge is -2.39. The maximum absolute atomic E-state index is 12.7. The predicted molar refractivity (Wildman–Crippen MR) is 111 cm³/mol. The highest BCUT2D eigenvalue weighted by molar-refractivity contribution is 7.12. The van der Waals surface area contributed by atoms with Gasteiger partial charge in [0.25, 0.3) is 11.8 Å². The summed E-state index contributed by atoms with van der Waals surface area (Å²) in [7, 11) is 1.59. The highest BCUT2D eigenvalue weighted by Gasteiger charge is 2.31. The molecule has 1 aromatic carbocycles. The molecule has 0 aliphatic carbocycles. The Morgan fingerprint density at radius 3 is 2.87 bits per heavy atom. The van der Waals surface area contributed by atoms with E-state index in [2.05, 4.69) is 10.1 Å². The molecule has 2 amide bonds. The SMILES string of the molecule is COc1cccc(-c2nc(CC(=O)N3CCN(C(=O)c4cccs4)C(C)C3)no2)c1. The van der Waals surface area contributed by atoms with E-state index in [-0.39, 0.29) is 24.3 Å². The third-order valence-electron chi connectivity index (χ3n) is 5.07. The number of amides is 2. The normalized spacial score (nSPS) is 16.5. The molecule has 0 bridgehead atoms. The number of rotatable bonds is 5. The largest absolute Gasteiger partial charge is 0.497 e. The Hall–Kier alpha value is -3.20. The number of hydrogen-bond acceptors (Lipinski definition) is 7. The molecular formula is C21H22N4O4S. The second-order valence-corrected chi connectivity index (χ2v) is 8.04. The molecule has 3 aromatic rings. The van der Waals surface area contributed by atoms with Crippen LogP contribution >= 0.6 is 11.3 Å². The topological polar surface area (TPSA) is 88.8 Å². The van der Waals surface area contributed by atoms with Gasteiger partial charge >= 0.3 is 0 Å². The maximum atomic E-state index is 12.7. The Kier molecular flexibility index (Phi) is 5.80. The third-order valence-corrected chi connectivity index (χ3v) is 5.92. The van der Waals surface area contributed by atoms with Crippen molar-refractivity contribution < 1.29 is 18.8 Å². The lowest BCUT2D eigenvalue weighted by Crippen LogP contribution is -2.55. The molecule has 0 saturated carbocycles. The van der Waals surface area contributed by atoms with Gasteiger partial charge in [-0.25, -0.2) is 0 Å². The number of carbonyl (C=O) groups is 2. The first-order chi connectivity index (χ1) is 14.5. The van der Waals surface area contributed by atoms with Gasteiger partial charge in [-0.3, -0.25) is 9.59 Å². The van der Waals surface area contributed by atoms with Crippen molar-refractivity contribution in [2.75, 3.05) is 26.7 Å². The Balaban J connectivity index is 1.37. The second kappa shape index (κ2) is 8.66. The average molecular weight is 426 g/mol. The summed E-state index contributed by atoms with van der Waals surface area (Å²) >= 11 is 1.43. The quantitative estimate of drug-likeness (QED) is 0.623. The average Bonchev–Trinajstić information content (AvgIpc) is 3.45. The number of hydrogen-bond donors (Lipinski definition) is 0. The fraction of sp³-hybridized carbons (Fsp3) is 0.333. The van der Waals surface area contributed by atoms with E-state index < -0.39 is 0 Å². The highest BCUT2D eigenvalue weighted by Crippen LogP contribution is 2.23. The molecule has 1 unspecified atom stereocenters. The van der Waals surface area contributed by atoms with Crippen molar-refractivity contribution in [3.63, 3.8) is 0 Å². The van der Waals surface area contributed by atoms with E-state index in [4.69, 9.17) is 9.26 Å². The molecule has 3 heterocycles. The second-order valence-electron chi connectivity index (χ2n) is 7.09. The van der Waals surface area contributed by atoms with Crippen LogP contribution in [0.25, 0.3) is 11.5 Å². The van der Waals surface area contributed by atoms with Crippen LogP contribution in [0.5, 0.6) is 5.75 Å². The van der Waals surface area contributed by atoms with E-state index in [1.165, 1.54) is 11.3 Å². The zero-order valence-corrected chi connectivity index (χ0v) is 17.6. The monoisotopic (exact) mass is 426 g/mol. The van der Waals surface area contributed by atoms with Gasteiger partial charge in [0, 0.05) is 31.2 Å². The van der Waals surface area contributed by atoms with E-state index in [0.717, 1.165) is 10.4 Å². The molecule has 1 aliphatic rings. The molecule has 156 valence electrons. The van der Waals surface area contributed by atoms with Crippen LogP contribution in [0.3, 0.4) is 0 Å². The summed E-state index contributed by atoms with van der Waals surface area (Å²) < 4.78 is 10.5. The van der Waals surface area contributed by atoms with Crippen LogP contribution in [0.15, 0.2) is 46.3 Å². The van der Waals surface area contributed by atoms with Crippen molar-refractivity contribution in [1.82, 2.24) is 19.9 Å². The zero-order chi connectivity index (χ0) is 21.1. The van der Waals surface area contributed by atoms with E-state index in [1.807, 2.05) is 47.5 Å². The smallest absolute Gasteiger partial charge is 0.264 e. The van der Waals surface area contributed by atoms with Crippen LogP contribution in [0.2, 0.25) is 0 Å². The molecule has 2 aromatic heterocycles. The fourth-order valence-electron chi connectivity index (χ4n) is 3.47. The number of thiophene rings is 1. The number of carbonyl (C=O) groups excluding carboxylic acids is 2. The first kappa shape index (κ1) is 20.1. The Morgan fingerprint density at radius 1 is 1.27 bits per heavy atom. The van der Waals surface area contributed by atoms with Crippen molar-refractivity contribution in [3.8, 4) is 17.2 Å². The van der Waals surface area contributed by atoms with E-state index in [0.29, 0.717) is 37.1 Å². The van der Waals surface area contributed by atoms with Crippen LogP contribution in [-0.4, -0.2) is 64.5 Å². The molecule has 30 heavy (non-hydrogen) atoms. The summed E-state index contributed by atoms with van der Waals surface area (Å²) in [5.41, 5.74) is 0.731. The van der Waals surface area contributed by atoms with E-state index in [1.54, 1.807) is 18.1 Å². The molecule has 8 nitrogen and oxygen atoms in total. The Labute approximate surface area is 178 Å². The van der Waals surface area contributed by atoms with Crippen LogP contribution in [0, 0.1) is 0 Å². The fourth-order valence-corrected chi connectivity index (χ4v) is 4.15. The van der Waals surface area contributed by atoms with Gasteiger partial charge in [0.2, 0.25) is 5.91 Å². The first-order valence-corrected chi connectivity index (χ1v) is 10.5. The standard InChI is InChI=1S/C21H22N4O4S/c1-14-13-24(8-9-25(14)21(27)17-7-4-10-30-17)19(26)12-18-22-20(29-23-18)15-5-3-6-16(11-15)28-2/h3-7,10-11,14H,8-9,12-13H2,1-2H3. The molecule has 1 fully saturated rings. The van der Waals surface area contributed by atoms with Crippen LogP contribution in [-0.2, 0) is 11.2 Å². The predicted octanol–water partition coefficient (Wildman–Crippen LogP) is 2.72. The van der Waals surface area contributed by atoms with Gasteiger partial charge in [-0.05, 0) is 36.6 Å². The van der Waals surface area contributed by atoms with Crippen molar-refractivity contribution in [1.29, 1.82) is 0 Å². The van der Waals surface area contributed by atoms with E-state index >= 15 is 0 Å². The Bertz CT molecular complexity index is 1030. The van der Waals surface area contributed by atoms with Gasteiger partial charge in [-0.2, -0.15) is 4.98 Å². The van der Waals surface area contributed by atoms with Crippen molar-refractivity contribution in [3.05, 3.63) is 52.5 Å². The van der Waals surface area contributed by atoms with Crippen LogP contribution in [0.1, 0.15) is 22.4 Å². The molecule has 9 heteroatoms. The number of aromatic nitrogens is 2. The van der Waals surface area contributed by atoms with Gasteiger partial charge in [-0.1, -0.05) is 17.3 Å². The summed E-state index contributed by atoms with van der Waals surface area (Å²) in [6.07, 6.45) is 0.0546. The number of nitrogens with zero attached hydrogens (tertiary/aromatic N) is 4. The van der Waals surface area contributed by atoms with Gasteiger partial charge in [-0.15, -0.1) is 11.3 Å². The summed E-state index contributed by atoms with van der Waals surface area (Å²) in [5, 5.41) is 5.83. The van der Waals surface area contributed by atoms with Crippen molar-refractivity contribution in [2.24, 2.45) is 0 Å². The van der Waals surface area contributed by atoms with Crippen molar-refractivity contribution >= 4 is 23.2 Å². The summed E-state index contributed by atoms with van der Waals surface area (Å²) in [6.45, 7) is 3.43. The number of benzene rings is 1. The lowest BCUT2D eigenvalue weighted by molar-refractivity contribution is -0.133. The summed E-state index contributed by atoms with van der Waals surface area (Å²) in [5.74, 6) is 1.31. The first-order valence-electron chi connectivity index (χ1n) is 9.64. The minimum atomic E-state index is -0.0805. The minimum Gasteiger partial charge on any atom is -0.497 e. The lowest BCUT2D eigenvalue weighted by atomic mass is 10.1. The van der Waals surface area contributed by atoms with Crippen LogP contribution < -0.4 is 4.74 Å². The Morgan fingerprint density at radius 2 is 2.13 bits per heavy atom. The van der Waals surface area contributed by atoms with Gasteiger partial charge in [0.05, 0.1) is 18.4 Å². The summed E-state index contributed by atoms with van der Waals surface area (Å²) in [6, 6.07) is 10.9. The number of methoxy groups -OCH3 is 1.